The maximum absolute atomic E-state index is 12.3. The summed E-state index contributed by atoms with van der Waals surface area (Å²) in [6.45, 7) is 12.7. The molecular formula is C23H37NO4. The number of ether oxygens (including phenoxy) is 3. The number of hydrogen-bond donors (Lipinski definition) is 0. The van der Waals surface area contributed by atoms with Crippen molar-refractivity contribution < 1.29 is 19.0 Å². The van der Waals surface area contributed by atoms with Crippen LogP contribution >= 0.6 is 0 Å². The highest BCUT2D eigenvalue weighted by atomic mass is 16.5. The van der Waals surface area contributed by atoms with Crippen molar-refractivity contribution >= 4 is 5.91 Å². The van der Waals surface area contributed by atoms with Crippen molar-refractivity contribution in [2.75, 3.05) is 27.4 Å². The molecule has 0 aromatic heterocycles. The molecule has 1 saturated heterocycles. The number of amides is 1. The molecule has 1 aliphatic rings. The van der Waals surface area contributed by atoms with Gasteiger partial charge < -0.3 is 19.1 Å². The molecule has 0 aliphatic carbocycles. The van der Waals surface area contributed by atoms with Crippen molar-refractivity contribution in [1.82, 2.24) is 4.90 Å². The Bertz CT molecular complexity index is 671. The molecule has 1 fully saturated rings. The molecule has 1 aliphatic heterocycles. The number of hydrogen-bond acceptors (Lipinski definition) is 4. The number of nitrogens with zero attached hydrogens (tertiary/aromatic N) is 1. The topological polar surface area (TPSA) is 48.0 Å². The van der Waals surface area contributed by atoms with E-state index < -0.39 is 0 Å². The van der Waals surface area contributed by atoms with Crippen LogP contribution in [0, 0.1) is 11.3 Å². The van der Waals surface area contributed by atoms with Crippen LogP contribution in [0.15, 0.2) is 18.2 Å². The molecule has 0 radical (unpaired) electrons. The second-order valence-corrected chi connectivity index (χ2v) is 8.93. The van der Waals surface area contributed by atoms with Crippen molar-refractivity contribution in [1.29, 1.82) is 0 Å². The lowest BCUT2D eigenvalue weighted by Gasteiger charge is -2.48. The van der Waals surface area contributed by atoms with Gasteiger partial charge in [0, 0.05) is 26.6 Å². The lowest BCUT2D eigenvalue weighted by molar-refractivity contribution is -0.134. The quantitative estimate of drug-likeness (QED) is 0.646. The third-order valence-electron chi connectivity index (χ3n) is 6.24. The molecule has 1 atom stereocenters. The Labute approximate surface area is 170 Å². The molecule has 0 N–H and O–H groups in total. The van der Waals surface area contributed by atoms with Gasteiger partial charge in [0.05, 0.1) is 19.8 Å². The Morgan fingerprint density at radius 3 is 2.43 bits per heavy atom. The zero-order valence-corrected chi connectivity index (χ0v) is 18.6. The van der Waals surface area contributed by atoms with E-state index in [-0.39, 0.29) is 16.9 Å². The molecule has 0 bridgehead atoms. The van der Waals surface area contributed by atoms with E-state index in [4.69, 9.17) is 14.2 Å². The summed E-state index contributed by atoms with van der Waals surface area (Å²) in [5.74, 6) is 2.03. The van der Waals surface area contributed by atoms with Crippen LogP contribution in [0.25, 0.3) is 0 Å². The van der Waals surface area contributed by atoms with E-state index in [1.807, 2.05) is 23.1 Å². The fourth-order valence-electron chi connectivity index (χ4n) is 4.42. The largest absolute Gasteiger partial charge is 0.493 e. The maximum Gasteiger partial charge on any atom is 0.219 e. The minimum absolute atomic E-state index is 0.0972. The molecule has 5 nitrogen and oxygen atoms in total. The van der Waals surface area contributed by atoms with Gasteiger partial charge in [0.15, 0.2) is 11.5 Å². The van der Waals surface area contributed by atoms with Crippen molar-refractivity contribution in [3.05, 3.63) is 23.8 Å². The third-order valence-corrected chi connectivity index (χ3v) is 6.24. The SMILES string of the molecule is COc1ccc(CN(CCC2(C(C)C)CCOC(C)(C)C2)C(C)=O)cc1OC. The zero-order valence-electron chi connectivity index (χ0n) is 18.6. The van der Waals surface area contributed by atoms with Crippen LogP contribution in [-0.4, -0.2) is 43.8 Å². The minimum Gasteiger partial charge on any atom is -0.493 e. The van der Waals surface area contributed by atoms with Crippen LogP contribution < -0.4 is 9.47 Å². The first kappa shape index (κ1) is 22.5. The van der Waals surface area contributed by atoms with Gasteiger partial charge in [0.1, 0.15) is 0 Å². The lowest BCUT2D eigenvalue weighted by Crippen LogP contribution is -2.46. The van der Waals surface area contributed by atoms with Crippen LogP contribution in [-0.2, 0) is 16.1 Å². The van der Waals surface area contributed by atoms with Crippen LogP contribution in [0.3, 0.4) is 0 Å². The molecule has 2 rings (SSSR count). The van der Waals surface area contributed by atoms with Gasteiger partial charge in [-0.3, -0.25) is 4.79 Å². The summed E-state index contributed by atoms with van der Waals surface area (Å²) in [6.07, 6.45) is 3.07. The Morgan fingerprint density at radius 2 is 1.89 bits per heavy atom. The van der Waals surface area contributed by atoms with E-state index >= 15 is 0 Å². The summed E-state index contributed by atoms with van der Waals surface area (Å²) in [7, 11) is 3.25. The Morgan fingerprint density at radius 1 is 1.21 bits per heavy atom. The molecule has 0 saturated carbocycles. The first-order chi connectivity index (χ1) is 13.1. The molecule has 0 spiro atoms. The van der Waals surface area contributed by atoms with E-state index in [9.17, 15) is 4.79 Å². The fourth-order valence-corrected chi connectivity index (χ4v) is 4.42. The lowest BCUT2D eigenvalue weighted by atomic mass is 9.65. The Kier molecular flexibility index (Phi) is 7.38. The molecule has 1 aromatic carbocycles. The van der Waals surface area contributed by atoms with Gasteiger partial charge in [-0.1, -0.05) is 19.9 Å². The first-order valence-electron chi connectivity index (χ1n) is 10.2. The Hall–Kier alpha value is -1.75. The first-order valence-corrected chi connectivity index (χ1v) is 10.2. The Balaban J connectivity index is 2.13. The summed E-state index contributed by atoms with van der Waals surface area (Å²) in [4.78, 5) is 14.3. The smallest absolute Gasteiger partial charge is 0.219 e. The minimum atomic E-state index is -0.104. The summed E-state index contributed by atoms with van der Waals surface area (Å²) in [6, 6.07) is 5.83. The molecule has 28 heavy (non-hydrogen) atoms. The van der Waals surface area contributed by atoms with Crippen molar-refractivity contribution in [2.24, 2.45) is 11.3 Å². The van der Waals surface area contributed by atoms with Gasteiger partial charge in [-0.05, 0) is 62.1 Å². The molecule has 1 heterocycles. The highest BCUT2D eigenvalue weighted by molar-refractivity contribution is 5.73. The van der Waals surface area contributed by atoms with Crippen LogP contribution in [0.4, 0.5) is 0 Å². The molecule has 1 amide bonds. The average molecular weight is 392 g/mol. The van der Waals surface area contributed by atoms with Crippen molar-refractivity contribution in [3.63, 3.8) is 0 Å². The number of carbonyl (C=O) groups excluding carboxylic acids is 1. The second kappa shape index (κ2) is 9.17. The number of methoxy groups -OCH3 is 2. The van der Waals surface area contributed by atoms with Gasteiger partial charge >= 0.3 is 0 Å². The maximum atomic E-state index is 12.3. The van der Waals surface area contributed by atoms with Gasteiger partial charge in [-0.15, -0.1) is 0 Å². The van der Waals surface area contributed by atoms with E-state index in [1.165, 1.54) is 0 Å². The van der Waals surface area contributed by atoms with Crippen LogP contribution in [0.2, 0.25) is 0 Å². The predicted octanol–water partition coefficient (Wildman–Crippen LogP) is 4.67. The standard InChI is InChI=1S/C23H37NO4/c1-17(2)23(11-13-28-22(4,5)16-23)10-12-24(18(3)25)15-19-8-9-20(26-6)21(14-19)27-7/h8-9,14,17H,10-13,15-16H2,1-7H3. The molecule has 5 heteroatoms. The summed E-state index contributed by atoms with van der Waals surface area (Å²) >= 11 is 0. The van der Waals surface area contributed by atoms with Gasteiger partial charge in [0.2, 0.25) is 5.91 Å². The number of rotatable bonds is 8. The van der Waals surface area contributed by atoms with E-state index in [0.29, 0.717) is 24.0 Å². The third kappa shape index (κ3) is 5.40. The molecule has 158 valence electrons. The van der Waals surface area contributed by atoms with E-state index in [1.54, 1.807) is 21.1 Å². The average Bonchev–Trinajstić information content (AvgIpc) is 2.63. The van der Waals surface area contributed by atoms with Gasteiger partial charge in [0.25, 0.3) is 0 Å². The summed E-state index contributed by atoms with van der Waals surface area (Å²) < 4.78 is 16.7. The van der Waals surface area contributed by atoms with Crippen LogP contribution in [0.1, 0.15) is 59.4 Å². The molecule has 1 unspecified atom stereocenters. The van der Waals surface area contributed by atoms with Crippen molar-refractivity contribution in [2.45, 2.75) is 66.0 Å². The van der Waals surface area contributed by atoms with E-state index in [0.717, 1.165) is 38.0 Å². The van der Waals surface area contributed by atoms with Crippen molar-refractivity contribution in [3.8, 4) is 11.5 Å². The van der Waals surface area contributed by atoms with E-state index in [2.05, 4.69) is 27.7 Å². The zero-order chi connectivity index (χ0) is 20.9. The van der Waals surface area contributed by atoms with Gasteiger partial charge in [-0.25, -0.2) is 0 Å². The number of carbonyl (C=O) groups is 1. The highest BCUT2D eigenvalue weighted by Crippen LogP contribution is 2.47. The summed E-state index contributed by atoms with van der Waals surface area (Å²) in [5, 5.41) is 0. The van der Waals surface area contributed by atoms with Crippen LogP contribution in [0.5, 0.6) is 11.5 Å². The monoisotopic (exact) mass is 391 g/mol. The molecular weight excluding hydrogens is 354 g/mol. The summed E-state index contributed by atoms with van der Waals surface area (Å²) in [5.41, 5.74) is 1.14. The number of benzene rings is 1. The van der Waals surface area contributed by atoms with Gasteiger partial charge in [-0.2, -0.15) is 0 Å². The molecule has 1 aromatic rings. The predicted molar refractivity (Wildman–Crippen MR) is 112 cm³/mol. The normalized spacial score (nSPS) is 21.4. The fraction of sp³-hybridized carbons (Fsp3) is 0.696. The highest BCUT2D eigenvalue weighted by Gasteiger charge is 2.42. The second-order valence-electron chi connectivity index (χ2n) is 8.93.